The number of nitrogens with two attached hydrogens (primary N) is 1. The summed E-state index contributed by atoms with van der Waals surface area (Å²) in [7, 11) is 1.54. The van der Waals surface area contributed by atoms with E-state index in [4.69, 9.17) is 26.8 Å². The summed E-state index contributed by atoms with van der Waals surface area (Å²) in [6, 6.07) is 17.3. The van der Waals surface area contributed by atoms with Gasteiger partial charge in [0.1, 0.15) is 6.61 Å². The van der Waals surface area contributed by atoms with Crippen molar-refractivity contribution in [1.29, 1.82) is 0 Å². The van der Waals surface area contributed by atoms with Crippen LogP contribution in [0.3, 0.4) is 0 Å². The Morgan fingerprint density at radius 2 is 1.81 bits per heavy atom. The molecule has 0 aliphatic heterocycles. The molecule has 0 bridgehead atoms. The minimum Gasteiger partial charge on any atom is -0.493 e. The topological polar surface area (TPSA) is 78.6 Å². The van der Waals surface area contributed by atoms with Gasteiger partial charge in [0.15, 0.2) is 17.3 Å². The van der Waals surface area contributed by atoms with E-state index in [1.54, 1.807) is 43.5 Å². The second-order valence-electron chi connectivity index (χ2n) is 6.60. The summed E-state index contributed by atoms with van der Waals surface area (Å²) in [5, 5.41) is 0.638. The van der Waals surface area contributed by atoms with E-state index in [1.807, 2.05) is 24.3 Å². The maximum absolute atomic E-state index is 12.5. The van der Waals surface area contributed by atoms with E-state index >= 15 is 0 Å². The second kappa shape index (κ2) is 10.3. The summed E-state index contributed by atoms with van der Waals surface area (Å²) in [5.41, 5.74) is 7.59. The lowest BCUT2D eigenvalue weighted by molar-refractivity contribution is 0.1000. The number of ketones is 1. The van der Waals surface area contributed by atoms with Crippen LogP contribution in [0.5, 0.6) is 11.5 Å². The van der Waals surface area contributed by atoms with E-state index in [0.29, 0.717) is 33.2 Å². The highest BCUT2D eigenvalue weighted by Crippen LogP contribution is 2.37. The number of methoxy groups -OCH3 is 1. The highest BCUT2D eigenvalue weighted by atomic mass is 79.9. The van der Waals surface area contributed by atoms with E-state index in [1.165, 1.54) is 12.1 Å². The molecule has 0 atom stereocenters. The second-order valence-corrected chi connectivity index (χ2v) is 7.89. The molecule has 0 aliphatic carbocycles. The van der Waals surface area contributed by atoms with E-state index < -0.39 is 5.91 Å². The standard InChI is InChI=1S/C24H19BrClNO4/c1-30-22-12-15(8-9-21(28)17-5-3-6-18(13-17)24(27)29)11-20(25)23(22)31-14-16-4-2-7-19(26)10-16/h2-13H,14H2,1H3,(H2,27,29)/b9-8+. The molecular weight excluding hydrogens is 482 g/mol. The minimum atomic E-state index is -0.583. The molecule has 3 rings (SSSR count). The molecule has 158 valence electrons. The molecule has 7 heteroatoms. The number of hydrogen-bond donors (Lipinski definition) is 1. The van der Waals surface area contributed by atoms with Crippen LogP contribution >= 0.6 is 27.5 Å². The first-order valence-corrected chi connectivity index (χ1v) is 10.4. The first-order chi connectivity index (χ1) is 14.9. The van der Waals surface area contributed by atoms with Crippen molar-refractivity contribution >= 4 is 45.3 Å². The molecule has 0 unspecified atom stereocenters. The predicted molar refractivity (Wildman–Crippen MR) is 125 cm³/mol. The van der Waals surface area contributed by atoms with Gasteiger partial charge in [-0.15, -0.1) is 0 Å². The molecule has 0 saturated carbocycles. The van der Waals surface area contributed by atoms with Gasteiger partial charge in [0.05, 0.1) is 11.6 Å². The molecule has 31 heavy (non-hydrogen) atoms. The Morgan fingerprint density at radius 3 is 2.52 bits per heavy atom. The van der Waals surface area contributed by atoms with Gasteiger partial charge in [-0.05, 0) is 69.5 Å². The largest absolute Gasteiger partial charge is 0.493 e. The lowest BCUT2D eigenvalue weighted by Crippen LogP contribution is -2.11. The average molecular weight is 501 g/mol. The highest BCUT2D eigenvalue weighted by Gasteiger charge is 2.12. The fourth-order valence-corrected chi connectivity index (χ4v) is 3.64. The molecule has 0 radical (unpaired) electrons. The van der Waals surface area contributed by atoms with Crippen LogP contribution in [0.1, 0.15) is 31.8 Å². The van der Waals surface area contributed by atoms with E-state index in [2.05, 4.69) is 15.9 Å². The summed E-state index contributed by atoms with van der Waals surface area (Å²) < 4.78 is 12.1. The third-order valence-corrected chi connectivity index (χ3v) is 5.21. The predicted octanol–water partition coefficient (Wildman–Crippen LogP) is 5.69. The molecule has 5 nitrogen and oxygen atoms in total. The smallest absolute Gasteiger partial charge is 0.248 e. The zero-order valence-electron chi connectivity index (χ0n) is 16.6. The molecule has 0 spiro atoms. The number of carbonyl (C=O) groups excluding carboxylic acids is 2. The normalized spacial score (nSPS) is 10.8. The molecule has 0 aromatic heterocycles. The van der Waals surface area contributed by atoms with Crippen LogP contribution in [0.25, 0.3) is 6.08 Å². The van der Waals surface area contributed by atoms with Crippen LogP contribution in [0.15, 0.2) is 71.2 Å². The van der Waals surface area contributed by atoms with Crippen molar-refractivity contribution in [3.63, 3.8) is 0 Å². The zero-order valence-corrected chi connectivity index (χ0v) is 18.9. The van der Waals surface area contributed by atoms with Crippen molar-refractivity contribution in [2.24, 2.45) is 5.73 Å². The van der Waals surface area contributed by atoms with Crippen LogP contribution in [-0.4, -0.2) is 18.8 Å². The lowest BCUT2D eigenvalue weighted by Gasteiger charge is -2.14. The fourth-order valence-electron chi connectivity index (χ4n) is 2.85. The Labute approximate surface area is 193 Å². The summed E-state index contributed by atoms with van der Waals surface area (Å²) in [4.78, 5) is 23.8. The number of benzene rings is 3. The van der Waals surface area contributed by atoms with Gasteiger partial charge < -0.3 is 15.2 Å². The van der Waals surface area contributed by atoms with Crippen molar-refractivity contribution in [2.75, 3.05) is 7.11 Å². The first kappa shape index (κ1) is 22.6. The summed E-state index contributed by atoms with van der Waals surface area (Å²) in [5.74, 6) is 0.222. The van der Waals surface area contributed by atoms with Crippen LogP contribution in [0.2, 0.25) is 5.02 Å². The number of rotatable bonds is 8. The molecule has 1 amide bonds. The number of ether oxygens (including phenoxy) is 2. The molecule has 3 aromatic rings. The Bertz CT molecular complexity index is 1160. The van der Waals surface area contributed by atoms with Crippen LogP contribution in [0, 0.1) is 0 Å². The third-order valence-electron chi connectivity index (χ3n) is 4.38. The van der Waals surface area contributed by atoms with Crippen molar-refractivity contribution in [1.82, 2.24) is 0 Å². The number of amides is 1. The van der Waals surface area contributed by atoms with Crippen molar-refractivity contribution in [3.05, 3.63) is 98.5 Å². The SMILES string of the molecule is COc1cc(/C=C/C(=O)c2cccc(C(N)=O)c2)cc(Br)c1OCc1cccc(Cl)c1. The summed E-state index contributed by atoms with van der Waals surface area (Å²) in [6.45, 7) is 0.319. The molecule has 0 heterocycles. The number of primary amides is 1. The fraction of sp³-hybridized carbons (Fsp3) is 0.0833. The molecule has 0 fully saturated rings. The molecular formula is C24H19BrClNO4. The number of hydrogen-bond acceptors (Lipinski definition) is 4. The summed E-state index contributed by atoms with van der Waals surface area (Å²) in [6.07, 6.45) is 3.08. The minimum absolute atomic E-state index is 0.250. The molecule has 2 N–H and O–H groups in total. The number of halogens is 2. The van der Waals surface area contributed by atoms with Crippen LogP contribution in [-0.2, 0) is 6.61 Å². The van der Waals surface area contributed by atoms with Gasteiger partial charge in [-0.25, -0.2) is 0 Å². The Morgan fingerprint density at radius 1 is 1.06 bits per heavy atom. The summed E-state index contributed by atoms with van der Waals surface area (Å²) >= 11 is 9.52. The van der Waals surface area contributed by atoms with Crippen molar-refractivity contribution in [3.8, 4) is 11.5 Å². The Balaban J connectivity index is 1.78. The van der Waals surface area contributed by atoms with Gasteiger partial charge in [-0.2, -0.15) is 0 Å². The van der Waals surface area contributed by atoms with Gasteiger partial charge in [-0.3, -0.25) is 9.59 Å². The number of allylic oxidation sites excluding steroid dienone is 1. The lowest BCUT2D eigenvalue weighted by atomic mass is 10.1. The molecule has 0 saturated heterocycles. The maximum atomic E-state index is 12.5. The van der Waals surface area contributed by atoms with E-state index in [9.17, 15) is 9.59 Å². The van der Waals surface area contributed by atoms with E-state index in [-0.39, 0.29) is 11.3 Å². The Kier molecular flexibility index (Phi) is 7.50. The highest BCUT2D eigenvalue weighted by molar-refractivity contribution is 9.10. The van der Waals surface area contributed by atoms with Gasteiger partial charge in [-0.1, -0.05) is 41.9 Å². The van der Waals surface area contributed by atoms with Crippen molar-refractivity contribution < 1.29 is 19.1 Å². The van der Waals surface area contributed by atoms with Gasteiger partial charge in [0.2, 0.25) is 5.91 Å². The first-order valence-electron chi connectivity index (χ1n) is 9.24. The quantitative estimate of drug-likeness (QED) is 0.318. The van der Waals surface area contributed by atoms with Gasteiger partial charge in [0, 0.05) is 16.1 Å². The van der Waals surface area contributed by atoms with Crippen molar-refractivity contribution in [2.45, 2.75) is 6.61 Å². The van der Waals surface area contributed by atoms with E-state index in [0.717, 1.165) is 11.1 Å². The maximum Gasteiger partial charge on any atom is 0.248 e. The molecule has 0 aliphatic rings. The Hall–Kier alpha value is -3.09. The van der Waals surface area contributed by atoms with Gasteiger partial charge in [0.25, 0.3) is 0 Å². The third kappa shape index (κ3) is 5.96. The van der Waals surface area contributed by atoms with Gasteiger partial charge >= 0.3 is 0 Å². The van der Waals surface area contributed by atoms with Crippen LogP contribution in [0.4, 0.5) is 0 Å². The zero-order chi connectivity index (χ0) is 22.4. The monoisotopic (exact) mass is 499 g/mol. The molecule has 3 aromatic carbocycles. The van der Waals surface area contributed by atoms with Crippen LogP contribution < -0.4 is 15.2 Å². The number of carbonyl (C=O) groups is 2. The average Bonchev–Trinajstić information content (AvgIpc) is 2.76.